The third-order valence-electron chi connectivity index (χ3n) is 4.42. The minimum absolute atomic E-state index is 0.0881. The van der Waals surface area contributed by atoms with Gasteiger partial charge in [0.05, 0.1) is 6.42 Å². The lowest BCUT2D eigenvalue weighted by Crippen LogP contribution is -2.14. The van der Waals surface area contributed by atoms with Crippen molar-refractivity contribution in [2.75, 3.05) is 11.1 Å². The maximum Gasteiger partial charge on any atom is 0.304 e. The Morgan fingerprint density at radius 2 is 1.96 bits per heavy atom. The smallest absolute Gasteiger partial charge is 0.304 e. The van der Waals surface area contributed by atoms with Crippen molar-refractivity contribution in [3.05, 3.63) is 65.2 Å². The summed E-state index contributed by atoms with van der Waals surface area (Å²) in [6.45, 7) is 0. The highest BCUT2D eigenvalue weighted by atomic mass is 32.2. The van der Waals surface area contributed by atoms with Crippen LogP contribution in [0.3, 0.4) is 0 Å². The number of carbonyl (C=O) groups excluding carboxylic acids is 1. The molecule has 4 nitrogen and oxygen atoms in total. The van der Waals surface area contributed by atoms with Crippen molar-refractivity contribution in [3.63, 3.8) is 0 Å². The third kappa shape index (κ3) is 5.29. The van der Waals surface area contributed by atoms with Crippen molar-refractivity contribution >= 4 is 29.3 Å². The van der Waals surface area contributed by atoms with Crippen molar-refractivity contribution < 1.29 is 23.5 Å². The number of amides is 1. The van der Waals surface area contributed by atoms with Crippen LogP contribution >= 0.6 is 11.8 Å². The Kier molecular flexibility index (Phi) is 6.11. The molecule has 2 aromatic rings. The molecular formula is C20H19F2NO3S. The van der Waals surface area contributed by atoms with Crippen molar-refractivity contribution in [3.8, 4) is 0 Å². The van der Waals surface area contributed by atoms with Gasteiger partial charge < -0.3 is 10.4 Å². The molecule has 7 heteroatoms. The first kappa shape index (κ1) is 19.4. The number of hydrogen-bond acceptors (Lipinski definition) is 3. The second-order valence-electron chi connectivity index (χ2n) is 6.51. The molecule has 0 heterocycles. The SMILES string of the molecule is O=C(O)CCSCc1cccc(NC(=O)C2CC2c2ccc(F)c(F)c2)c1. The van der Waals surface area contributed by atoms with Gasteiger partial charge in [-0.1, -0.05) is 18.2 Å². The second kappa shape index (κ2) is 8.52. The number of halogens is 2. The van der Waals surface area contributed by atoms with Crippen LogP contribution in [0.15, 0.2) is 42.5 Å². The molecule has 3 rings (SSSR count). The van der Waals surface area contributed by atoms with Gasteiger partial charge in [-0.15, -0.1) is 0 Å². The monoisotopic (exact) mass is 391 g/mol. The van der Waals surface area contributed by atoms with Crippen LogP contribution in [0.1, 0.15) is 29.9 Å². The lowest BCUT2D eigenvalue weighted by atomic mass is 10.1. The van der Waals surface area contributed by atoms with E-state index in [9.17, 15) is 18.4 Å². The van der Waals surface area contributed by atoms with Gasteiger partial charge in [-0.2, -0.15) is 11.8 Å². The second-order valence-corrected chi connectivity index (χ2v) is 7.61. The zero-order valence-corrected chi connectivity index (χ0v) is 15.3. The average molecular weight is 391 g/mol. The summed E-state index contributed by atoms with van der Waals surface area (Å²) in [5, 5.41) is 11.5. The molecule has 0 spiro atoms. The average Bonchev–Trinajstić information content (AvgIpc) is 3.42. The van der Waals surface area contributed by atoms with Gasteiger partial charge in [0.1, 0.15) is 0 Å². The van der Waals surface area contributed by atoms with E-state index in [1.54, 1.807) is 6.07 Å². The summed E-state index contributed by atoms with van der Waals surface area (Å²) in [4.78, 5) is 22.9. The number of carbonyl (C=O) groups is 2. The lowest BCUT2D eigenvalue weighted by molar-refractivity contribution is -0.136. The van der Waals surface area contributed by atoms with Gasteiger partial charge in [0, 0.05) is 23.1 Å². The van der Waals surface area contributed by atoms with E-state index in [1.165, 1.54) is 17.8 Å². The number of nitrogens with one attached hydrogen (secondary N) is 1. The van der Waals surface area contributed by atoms with E-state index in [-0.39, 0.29) is 24.2 Å². The molecule has 1 aliphatic carbocycles. The number of hydrogen-bond donors (Lipinski definition) is 2. The minimum Gasteiger partial charge on any atom is -0.481 e. The highest BCUT2D eigenvalue weighted by Crippen LogP contribution is 2.48. The van der Waals surface area contributed by atoms with Gasteiger partial charge in [0.2, 0.25) is 5.91 Å². The van der Waals surface area contributed by atoms with E-state index in [0.717, 1.165) is 17.7 Å². The molecule has 0 aliphatic heterocycles. The van der Waals surface area contributed by atoms with E-state index in [0.29, 0.717) is 29.2 Å². The Morgan fingerprint density at radius 1 is 1.15 bits per heavy atom. The third-order valence-corrected chi connectivity index (χ3v) is 5.45. The van der Waals surface area contributed by atoms with Crippen molar-refractivity contribution in [1.82, 2.24) is 0 Å². The standard InChI is InChI=1S/C20H19F2NO3S/c21-17-5-4-13(9-18(17)22)15-10-16(15)20(26)23-14-3-1-2-12(8-14)11-27-7-6-19(24)25/h1-5,8-9,15-16H,6-7,10-11H2,(H,23,26)(H,24,25). The zero-order chi connectivity index (χ0) is 19.4. The maximum absolute atomic E-state index is 13.3. The molecule has 0 aromatic heterocycles. The molecule has 2 aromatic carbocycles. The molecule has 1 fully saturated rings. The predicted molar refractivity (Wildman–Crippen MR) is 101 cm³/mol. The minimum atomic E-state index is -0.897. The normalized spacial score (nSPS) is 18.1. The number of carboxylic acids is 1. The quantitative estimate of drug-likeness (QED) is 0.654. The molecule has 0 saturated heterocycles. The van der Waals surface area contributed by atoms with Gasteiger partial charge in [0.15, 0.2) is 11.6 Å². The van der Waals surface area contributed by atoms with Gasteiger partial charge in [0.25, 0.3) is 0 Å². The van der Waals surface area contributed by atoms with Crippen molar-refractivity contribution in [2.45, 2.75) is 24.5 Å². The number of benzene rings is 2. The van der Waals surface area contributed by atoms with Gasteiger partial charge >= 0.3 is 5.97 Å². The summed E-state index contributed by atoms with van der Waals surface area (Å²) in [5.41, 5.74) is 2.31. The number of anilines is 1. The fourth-order valence-corrected chi connectivity index (χ4v) is 3.80. The fourth-order valence-electron chi connectivity index (χ4n) is 2.92. The van der Waals surface area contributed by atoms with Crippen molar-refractivity contribution in [1.29, 1.82) is 0 Å². The topological polar surface area (TPSA) is 66.4 Å². The molecule has 2 unspecified atom stereocenters. The van der Waals surface area contributed by atoms with Crippen LogP contribution < -0.4 is 5.32 Å². The lowest BCUT2D eigenvalue weighted by Gasteiger charge is -2.08. The maximum atomic E-state index is 13.3. The van der Waals surface area contributed by atoms with E-state index >= 15 is 0 Å². The van der Waals surface area contributed by atoms with Crippen LogP contribution in [0.5, 0.6) is 0 Å². The van der Waals surface area contributed by atoms with Crippen LogP contribution in [0.4, 0.5) is 14.5 Å². The first-order valence-electron chi connectivity index (χ1n) is 8.58. The van der Waals surface area contributed by atoms with E-state index in [2.05, 4.69) is 5.32 Å². The van der Waals surface area contributed by atoms with Crippen LogP contribution in [-0.2, 0) is 15.3 Å². The Morgan fingerprint density at radius 3 is 2.70 bits per heavy atom. The van der Waals surface area contributed by atoms with Gasteiger partial charge in [-0.3, -0.25) is 9.59 Å². The zero-order valence-electron chi connectivity index (χ0n) is 14.5. The van der Waals surface area contributed by atoms with E-state index in [4.69, 9.17) is 5.11 Å². The number of thioether (sulfide) groups is 1. The van der Waals surface area contributed by atoms with Crippen LogP contribution in [0, 0.1) is 17.6 Å². The Hall–Kier alpha value is -2.41. The first-order valence-corrected chi connectivity index (χ1v) is 9.74. The fraction of sp³-hybridized carbons (Fsp3) is 0.300. The summed E-state index contributed by atoms with van der Waals surface area (Å²) in [5.74, 6) is -1.88. The molecule has 27 heavy (non-hydrogen) atoms. The molecule has 1 amide bonds. The summed E-state index contributed by atoms with van der Waals surface area (Å²) in [7, 11) is 0. The van der Waals surface area contributed by atoms with Crippen LogP contribution in [-0.4, -0.2) is 22.7 Å². The number of carboxylic acid groups (broad SMARTS) is 1. The molecule has 1 aliphatic rings. The molecule has 2 atom stereocenters. The van der Waals surface area contributed by atoms with Gasteiger partial charge in [-0.05, 0) is 47.7 Å². The van der Waals surface area contributed by atoms with Crippen molar-refractivity contribution in [2.24, 2.45) is 5.92 Å². The number of aliphatic carboxylic acids is 1. The predicted octanol–water partition coefficient (Wildman–Crippen LogP) is 4.41. The highest BCUT2D eigenvalue weighted by molar-refractivity contribution is 7.98. The largest absolute Gasteiger partial charge is 0.481 e. The summed E-state index contributed by atoms with van der Waals surface area (Å²) in [6, 6.07) is 11.2. The Labute approximate surface area is 160 Å². The molecule has 142 valence electrons. The molecule has 1 saturated carbocycles. The Bertz CT molecular complexity index is 859. The Balaban J connectivity index is 1.53. The first-order chi connectivity index (χ1) is 12.9. The van der Waals surface area contributed by atoms with Crippen LogP contribution in [0.25, 0.3) is 0 Å². The van der Waals surface area contributed by atoms with Gasteiger partial charge in [-0.25, -0.2) is 8.78 Å². The van der Waals surface area contributed by atoms with Crippen LogP contribution in [0.2, 0.25) is 0 Å². The molecular weight excluding hydrogens is 372 g/mol. The molecule has 2 N–H and O–H groups in total. The summed E-state index contributed by atoms with van der Waals surface area (Å²) in [6.07, 6.45) is 0.732. The molecule has 0 radical (unpaired) electrons. The molecule has 0 bridgehead atoms. The summed E-state index contributed by atoms with van der Waals surface area (Å²) >= 11 is 1.52. The summed E-state index contributed by atoms with van der Waals surface area (Å²) < 4.78 is 26.4. The van der Waals surface area contributed by atoms with E-state index in [1.807, 2.05) is 18.2 Å². The highest BCUT2D eigenvalue weighted by Gasteiger charge is 2.44. The van der Waals surface area contributed by atoms with E-state index < -0.39 is 17.6 Å². The number of rotatable bonds is 8.